The molecule has 1 aromatic heterocycles. The van der Waals surface area contributed by atoms with Crippen molar-refractivity contribution < 1.29 is 19.1 Å². The Kier molecular flexibility index (Phi) is 5.21. The van der Waals surface area contributed by atoms with E-state index in [1.54, 1.807) is 17.2 Å². The van der Waals surface area contributed by atoms with Crippen LogP contribution < -0.4 is 0 Å². The Hall–Kier alpha value is -1.78. The van der Waals surface area contributed by atoms with Crippen molar-refractivity contribution in [3.63, 3.8) is 0 Å². The molecule has 20 heavy (non-hydrogen) atoms. The fraction of sp³-hybridized carbons (Fsp3) is 0.600. The maximum Gasteiger partial charge on any atom is 0.305 e. The first-order valence-electron chi connectivity index (χ1n) is 7.20. The van der Waals surface area contributed by atoms with E-state index in [1.807, 2.05) is 6.07 Å². The van der Waals surface area contributed by atoms with Crippen LogP contribution in [0, 0.1) is 5.92 Å². The van der Waals surface area contributed by atoms with Gasteiger partial charge in [-0.25, -0.2) is 0 Å². The molecule has 5 heteroatoms. The highest BCUT2D eigenvalue weighted by atomic mass is 16.4. The summed E-state index contributed by atoms with van der Waals surface area (Å²) in [5, 5.41) is 8.82. The molecule has 1 amide bonds. The molecule has 0 aliphatic heterocycles. The van der Waals surface area contributed by atoms with Gasteiger partial charge in [0.1, 0.15) is 5.76 Å². The molecular weight excluding hydrogens is 258 g/mol. The average molecular weight is 279 g/mol. The predicted molar refractivity (Wildman–Crippen MR) is 73.0 cm³/mol. The first-order chi connectivity index (χ1) is 9.66. The minimum Gasteiger partial charge on any atom is -0.481 e. The summed E-state index contributed by atoms with van der Waals surface area (Å²) in [6.45, 7) is 0.598. The Bertz CT molecular complexity index is 435. The third-order valence-electron chi connectivity index (χ3n) is 3.79. The third kappa shape index (κ3) is 4.11. The van der Waals surface area contributed by atoms with Crippen molar-refractivity contribution in [2.24, 2.45) is 5.92 Å². The maximum absolute atomic E-state index is 12.5. The molecule has 1 fully saturated rings. The molecule has 0 unspecified atom stereocenters. The summed E-state index contributed by atoms with van der Waals surface area (Å²) >= 11 is 0. The van der Waals surface area contributed by atoms with Crippen LogP contribution in [0.1, 0.15) is 44.3 Å². The second kappa shape index (κ2) is 7.12. The molecule has 0 spiro atoms. The van der Waals surface area contributed by atoms with Gasteiger partial charge in [-0.15, -0.1) is 0 Å². The van der Waals surface area contributed by atoms with Gasteiger partial charge in [0.15, 0.2) is 0 Å². The zero-order valence-corrected chi connectivity index (χ0v) is 11.6. The Balaban J connectivity index is 1.99. The SMILES string of the molecule is O=C(O)CCN(Cc1ccco1)C(=O)C1CCCCC1. The summed E-state index contributed by atoms with van der Waals surface area (Å²) < 4.78 is 5.27. The summed E-state index contributed by atoms with van der Waals surface area (Å²) in [7, 11) is 0. The van der Waals surface area contributed by atoms with E-state index in [0.29, 0.717) is 12.3 Å². The maximum atomic E-state index is 12.5. The fourth-order valence-electron chi connectivity index (χ4n) is 2.70. The number of carbonyl (C=O) groups is 2. The standard InChI is InChI=1S/C15H21NO4/c17-14(18)8-9-16(11-13-7-4-10-20-13)15(19)12-5-2-1-3-6-12/h4,7,10,12H,1-3,5-6,8-9,11H2,(H,17,18). The lowest BCUT2D eigenvalue weighted by atomic mass is 9.88. The molecule has 110 valence electrons. The molecule has 5 nitrogen and oxygen atoms in total. The first-order valence-corrected chi connectivity index (χ1v) is 7.20. The fourth-order valence-corrected chi connectivity index (χ4v) is 2.70. The number of carboxylic acids is 1. The highest BCUT2D eigenvalue weighted by Gasteiger charge is 2.26. The molecule has 0 atom stereocenters. The monoisotopic (exact) mass is 279 g/mol. The van der Waals surface area contributed by atoms with Gasteiger partial charge in [0.2, 0.25) is 5.91 Å². The highest BCUT2D eigenvalue weighted by Crippen LogP contribution is 2.26. The van der Waals surface area contributed by atoms with Gasteiger partial charge in [-0.05, 0) is 25.0 Å². The first kappa shape index (κ1) is 14.6. The number of carbonyl (C=O) groups excluding carboxylic acids is 1. The van der Waals surface area contributed by atoms with Gasteiger partial charge in [0, 0.05) is 12.5 Å². The normalized spacial score (nSPS) is 16.0. The van der Waals surface area contributed by atoms with Crippen LogP contribution in [0.2, 0.25) is 0 Å². The van der Waals surface area contributed by atoms with E-state index in [0.717, 1.165) is 25.7 Å². The molecule has 0 bridgehead atoms. The lowest BCUT2D eigenvalue weighted by molar-refractivity contribution is -0.140. The Morgan fingerprint density at radius 1 is 1.30 bits per heavy atom. The van der Waals surface area contributed by atoms with E-state index < -0.39 is 5.97 Å². The molecule has 1 aromatic rings. The molecule has 1 aliphatic carbocycles. The Morgan fingerprint density at radius 3 is 2.65 bits per heavy atom. The second-order valence-electron chi connectivity index (χ2n) is 5.32. The van der Waals surface area contributed by atoms with Crippen molar-refractivity contribution in [2.75, 3.05) is 6.54 Å². The second-order valence-corrected chi connectivity index (χ2v) is 5.32. The van der Waals surface area contributed by atoms with Crippen LogP contribution in [-0.2, 0) is 16.1 Å². The number of hydrogen-bond donors (Lipinski definition) is 1. The lowest BCUT2D eigenvalue weighted by Gasteiger charge is -2.28. The van der Waals surface area contributed by atoms with Crippen molar-refractivity contribution in [2.45, 2.75) is 45.1 Å². The third-order valence-corrected chi connectivity index (χ3v) is 3.79. The summed E-state index contributed by atoms with van der Waals surface area (Å²) in [5.41, 5.74) is 0. The molecule has 1 heterocycles. The number of carboxylic acid groups (broad SMARTS) is 1. The zero-order valence-electron chi connectivity index (χ0n) is 11.6. The minimum absolute atomic E-state index is 0.0286. The number of aliphatic carboxylic acids is 1. The molecule has 0 radical (unpaired) electrons. The van der Waals surface area contributed by atoms with E-state index in [4.69, 9.17) is 9.52 Å². The van der Waals surface area contributed by atoms with Gasteiger partial charge in [-0.2, -0.15) is 0 Å². The van der Waals surface area contributed by atoms with Crippen LogP contribution in [0.5, 0.6) is 0 Å². The molecule has 1 aliphatic rings. The van der Waals surface area contributed by atoms with Crippen LogP contribution >= 0.6 is 0 Å². The number of nitrogens with zero attached hydrogens (tertiary/aromatic N) is 1. The Labute approximate surface area is 118 Å². The highest BCUT2D eigenvalue weighted by molar-refractivity contribution is 5.79. The molecule has 0 saturated heterocycles. The number of amides is 1. The van der Waals surface area contributed by atoms with Gasteiger partial charge >= 0.3 is 5.97 Å². The number of hydrogen-bond acceptors (Lipinski definition) is 3. The largest absolute Gasteiger partial charge is 0.481 e. The summed E-state index contributed by atoms with van der Waals surface area (Å²) in [6.07, 6.45) is 6.74. The van der Waals surface area contributed by atoms with Crippen molar-refractivity contribution in [3.8, 4) is 0 Å². The van der Waals surface area contributed by atoms with E-state index in [2.05, 4.69) is 0 Å². The minimum atomic E-state index is -0.883. The van der Waals surface area contributed by atoms with Crippen LogP contribution in [0.3, 0.4) is 0 Å². The van der Waals surface area contributed by atoms with Gasteiger partial charge in [0.05, 0.1) is 19.2 Å². The number of rotatable bonds is 6. The molecule has 0 aromatic carbocycles. The summed E-state index contributed by atoms with van der Waals surface area (Å²) in [5.74, 6) is -0.0692. The van der Waals surface area contributed by atoms with Crippen molar-refractivity contribution in [3.05, 3.63) is 24.2 Å². The van der Waals surface area contributed by atoms with Crippen molar-refractivity contribution in [1.82, 2.24) is 4.90 Å². The van der Waals surface area contributed by atoms with Crippen molar-refractivity contribution >= 4 is 11.9 Å². The predicted octanol–water partition coefficient (Wildman–Crippen LogP) is 2.66. The van der Waals surface area contributed by atoms with Crippen LogP contribution in [0.15, 0.2) is 22.8 Å². The van der Waals surface area contributed by atoms with Crippen molar-refractivity contribution in [1.29, 1.82) is 0 Å². The van der Waals surface area contributed by atoms with Crippen LogP contribution in [0.25, 0.3) is 0 Å². The smallest absolute Gasteiger partial charge is 0.305 e. The average Bonchev–Trinajstić information content (AvgIpc) is 2.96. The van der Waals surface area contributed by atoms with Gasteiger partial charge in [0.25, 0.3) is 0 Å². The topological polar surface area (TPSA) is 70.8 Å². The Morgan fingerprint density at radius 2 is 2.05 bits per heavy atom. The van der Waals surface area contributed by atoms with Gasteiger partial charge in [-0.3, -0.25) is 9.59 Å². The summed E-state index contributed by atoms with van der Waals surface area (Å²) in [4.78, 5) is 24.9. The van der Waals surface area contributed by atoms with E-state index >= 15 is 0 Å². The lowest BCUT2D eigenvalue weighted by Crippen LogP contribution is -2.37. The zero-order chi connectivity index (χ0) is 14.4. The van der Waals surface area contributed by atoms with E-state index in [1.165, 1.54) is 6.42 Å². The van der Waals surface area contributed by atoms with Gasteiger partial charge in [-0.1, -0.05) is 19.3 Å². The molecule has 2 rings (SSSR count). The quantitative estimate of drug-likeness (QED) is 0.869. The summed E-state index contributed by atoms with van der Waals surface area (Å²) in [6, 6.07) is 3.58. The van der Waals surface area contributed by atoms with Crippen LogP contribution in [0.4, 0.5) is 0 Å². The molecule has 1 N–H and O–H groups in total. The molecule has 1 saturated carbocycles. The van der Waals surface area contributed by atoms with Gasteiger partial charge < -0.3 is 14.4 Å². The van der Waals surface area contributed by atoms with Crippen LogP contribution in [-0.4, -0.2) is 28.4 Å². The van der Waals surface area contributed by atoms with E-state index in [9.17, 15) is 9.59 Å². The van der Waals surface area contributed by atoms with E-state index in [-0.39, 0.29) is 24.8 Å². The number of furan rings is 1. The molecular formula is C15H21NO4.